The van der Waals surface area contributed by atoms with E-state index < -0.39 is 15.5 Å². The molecule has 0 saturated carbocycles. The Labute approximate surface area is 93.2 Å². The predicted octanol–water partition coefficient (Wildman–Crippen LogP) is 1.16. The summed E-state index contributed by atoms with van der Waals surface area (Å²) in [4.78, 5) is 11.4. The fourth-order valence-electron chi connectivity index (χ4n) is 1.71. The number of rotatable bonds is 1. The van der Waals surface area contributed by atoms with E-state index in [4.69, 9.17) is 4.55 Å². The highest BCUT2D eigenvalue weighted by atomic mass is 32.2. The number of fused-ring (bicyclic) bond motifs is 1. The van der Waals surface area contributed by atoms with Crippen LogP contribution in [0.1, 0.15) is 19.4 Å². The number of hydrogen-bond donors (Lipinski definition) is 2. The van der Waals surface area contributed by atoms with Crippen LogP contribution in [0.3, 0.4) is 0 Å². The van der Waals surface area contributed by atoms with Crippen molar-refractivity contribution in [2.24, 2.45) is 0 Å². The van der Waals surface area contributed by atoms with Crippen LogP contribution in [0.2, 0.25) is 0 Å². The van der Waals surface area contributed by atoms with E-state index in [-0.39, 0.29) is 10.8 Å². The third-order valence-corrected chi connectivity index (χ3v) is 3.63. The Hall–Kier alpha value is -1.40. The quantitative estimate of drug-likeness (QED) is 0.723. The van der Waals surface area contributed by atoms with Crippen molar-refractivity contribution in [2.75, 3.05) is 5.32 Å². The minimum atomic E-state index is -4.23. The van der Waals surface area contributed by atoms with Crippen LogP contribution in [0.5, 0.6) is 0 Å². The molecular formula is C10H11NO4S. The molecule has 0 saturated heterocycles. The summed E-state index contributed by atoms with van der Waals surface area (Å²) in [5.74, 6) is -0.185. The van der Waals surface area contributed by atoms with Gasteiger partial charge >= 0.3 is 0 Å². The first kappa shape index (κ1) is 11.1. The summed E-state index contributed by atoms with van der Waals surface area (Å²) in [5, 5.41) is 2.65. The summed E-state index contributed by atoms with van der Waals surface area (Å²) in [5.41, 5.74) is 0.380. The smallest absolute Gasteiger partial charge is 0.294 e. The zero-order valence-corrected chi connectivity index (χ0v) is 9.63. The molecule has 1 aromatic carbocycles. The fourth-order valence-corrected chi connectivity index (χ4v) is 2.22. The molecule has 1 aliphatic rings. The Morgan fingerprint density at radius 2 is 1.94 bits per heavy atom. The zero-order valence-electron chi connectivity index (χ0n) is 8.81. The van der Waals surface area contributed by atoms with Crippen molar-refractivity contribution in [2.45, 2.75) is 24.2 Å². The molecule has 0 aromatic heterocycles. The number of nitrogens with one attached hydrogen (secondary N) is 1. The van der Waals surface area contributed by atoms with Crippen LogP contribution in [-0.4, -0.2) is 18.9 Å². The van der Waals surface area contributed by atoms with Crippen molar-refractivity contribution in [3.05, 3.63) is 23.8 Å². The van der Waals surface area contributed by atoms with Crippen LogP contribution >= 0.6 is 0 Å². The van der Waals surface area contributed by atoms with Gasteiger partial charge in [0.1, 0.15) is 0 Å². The minimum Gasteiger partial charge on any atom is -0.325 e. The van der Waals surface area contributed by atoms with Crippen molar-refractivity contribution in [3.8, 4) is 0 Å². The van der Waals surface area contributed by atoms with Gasteiger partial charge in [0.2, 0.25) is 5.91 Å². The van der Waals surface area contributed by atoms with Gasteiger partial charge in [-0.05, 0) is 37.6 Å². The molecule has 0 bridgehead atoms. The molecule has 1 aliphatic heterocycles. The summed E-state index contributed by atoms with van der Waals surface area (Å²) in [7, 11) is -4.23. The fraction of sp³-hybridized carbons (Fsp3) is 0.300. The van der Waals surface area contributed by atoms with Gasteiger partial charge in [0, 0.05) is 5.69 Å². The second kappa shape index (κ2) is 3.05. The van der Waals surface area contributed by atoms with Crippen molar-refractivity contribution in [1.29, 1.82) is 0 Å². The number of hydrogen-bond acceptors (Lipinski definition) is 3. The molecule has 1 aromatic rings. The molecule has 0 spiro atoms. The molecule has 5 nitrogen and oxygen atoms in total. The van der Waals surface area contributed by atoms with Crippen molar-refractivity contribution < 1.29 is 17.8 Å². The molecule has 0 unspecified atom stereocenters. The second-order valence-corrected chi connectivity index (χ2v) is 5.68. The first-order chi connectivity index (χ1) is 7.23. The minimum absolute atomic E-state index is 0.185. The molecule has 2 N–H and O–H groups in total. The molecule has 1 heterocycles. The van der Waals surface area contributed by atoms with Gasteiger partial charge in [0.15, 0.2) is 0 Å². The van der Waals surface area contributed by atoms with Gasteiger partial charge in [0.25, 0.3) is 10.1 Å². The first-order valence-electron chi connectivity index (χ1n) is 4.66. The van der Waals surface area contributed by atoms with Crippen LogP contribution in [0, 0.1) is 0 Å². The normalized spacial score (nSPS) is 18.1. The Bertz CT molecular complexity index is 574. The number of carbonyl (C=O) groups excluding carboxylic acids is 1. The van der Waals surface area contributed by atoms with Crippen LogP contribution in [0.15, 0.2) is 23.1 Å². The summed E-state index contributed by atoms with van der Waals surface area (Å²) in [6, 6.07) is 4.06. The van der Waals surface area contributed by atoms with Crippen molar-refractivity contribution in [3.63, 3.8) is 0 Å². The lowest BCUT2D eigenvalue weighted by Crippen LogP contribution is -2.26. The van der Waals surface area contributed by atoms with Gasteiger partial charge < -0.3 is 5.32 Å². The summed E-state index contributed by atoms with van der Waals surface area (Å²) in [6.07, 6.45) is 0. The van der Waals surface area contributed by atoms with E-state index in [1.165, 1.54) is 18.2 Å². The first-order valence-corrected chi connectivity index (χ1v) is 6.10. The van der Waals surface area contributed by atoms with E-state index in [1.807, 2.05) is 0 Å². The Kier molecular flexibility index (Phi) is 2.12. The molecule has 16 heavy (non-hydrogen) atoms. The Morgan fingerprint density at radius 3 is 2.50 bits per heavy atom. The molecule has 0 atom stereocenters. The second-order valence-electron chi connectivity index (χ2n) is 4.26. The maximum absolute atomic E-state index is 11.6. The van der Waals surface area contributed by atoms with Crippen LogP contribution in [-0.2, 0) is 20.3 Å². The molecule has 0 radical (unpaired) electrons. The Morgan fingerprint density at radius 1 is 1.31 bits per heavy atom. The van der Waals surface area contributed by atoms with Gasteiger partial charge in [-0.3, -0.25) is 9.35 Å². The highest BCUT2D eigenvalue weighted by molar-refractivity contribution is 7.85. The molecule has 6 heteroatoms. The van der Waals surface area contributed by atoms with Crippen LogP contribution < -0.4 is 5.32 Å². The van der Waals surface area contributed by atoms with E-state index in [0.717, 1.165) is 0 Å². The number of carbonyl (C=O) groups is 1. The number of benzene rings is 1. The maximum atomic E-state index is 11.6. The summed E-state index contributed by atoms with van der Waals surface area (Å²) in [6.45, 7) is 3.39. The van der Waals surface area contributed by atoms with Crippen molar-refractivity contribution >= 4 is 21.7 Å². The van der Waals surface area contributed by atoms with Crippen LogP contribution in [0.25, 0.3) is 0 Å². The lowest BCUT2D eigenvalue weighted by molar-refractivity contribution is -0.119. The molecular weight excluding hydrogens is 230 g/mol. The number of anilines is 1. The summed E-state index contributed by atoms with van der Waals surface area (Å²) >= 11 is 0. The summed E-state index contributed by atoms with van der Waals surface area (Å²) < 4.78 is 30.9. The molecule has 0 fully saturated rings. The van der Waals surface area contributed by atoms with Gasteiger partial charge in [-0.15, -0.1) is 0 Å². The van der Waals surface area contributed by atoms with Gasteiger partial charge in [0.05, 0.1) is 10.3 Å². The highest BCUT2D eigenvalue weighted by Gasteiger charge is 2.38. The highest BCUT2D eigenvalue weighted by Crippen LogP contribution is 2.38. The zero-order chi connectivity index (χ0) is 12.1. The Balaban J connectivity index is 2.66. The van der Waals surface area contributed by atoms with E-state index in [9.17, 15) is 13.2 Å². The topological polar surface area (TPSA) is 83.5 Å². The van der Waals surface area contributed by atoms with Crippen LogP contribution in [0.4, 0.5) is 5.69 Å². The monoisotopic (exact) mass is 241 g/mol. The molecule has 0 aliphatic carbocycles. The van der Waals surface area contributed by atoms with E-state index >= 15 is 0 Å². The van der Waals surface area contributed by atoms with E-state index in [0.29, 0.717) is 11.3 Å². The predicted molar refractivity (Wildman–Crippen MR) is 57.9 cm³/mol. The van der Waals surface area contributed by atoms with Gasteiger partial charge in [-0.2, -0.15) is 8.42 Å². The largest absolute Gasteiger partial charge is 0.325 e. The molecule has 1 amide bonds. The van der Waals surface area contributed by atoms with Gasteiger partial charge in [-0.1, -0.05) is 0 Å². The third kappa shape index (κ3) is 1.50. The average Bonchev–Trinajstić information content (AvgIpc) is 2.37. The number of amides is 1. The van der Waals surface area contributed by atoms with Gasteiger partial charge in [-0.25, -0.2) is 0 Å². The molecule has 2 rings (SSSR count). The SMILES string of the molecule is CC1(C)C(=O)Nc2ccc(S(=O)(=O)O)cc21. The standard InChI is InChI=1S/C10H11NO4S/c1-10(2)7-5-6(16(13,14)15)3-4-8(7)11-9(10)12/h3-5H,1-2H3,(H,11,12)(H,13,14,15). The lowest BCUT2D eigenvalue weighted by atomic mass is 9.86. The van der Waals surface area contributed by atoms with Crippen molar-refractivity contribution in [1.82, 2.24) is 0 Å². The lowest BCUT2D eigenvalue weighted by Gasteiger charge is -2.15. The average molecular weight is 241 g/mol. The van der Waals surface area contributed by atoms with E-state index in [2.05, 4.69) is 5.32 Å². The maximum Gasteiger partial charge on any atom is 0.294 e. The molecule has 86 valence electrons. The van der Waals surface area contributed by atoms with E-state index in [1.54, 1.807) is 13.8 Å². The third-order valence-electron chi connectivity index (χ3n) is 2.78.